The lowest BCUT2D eigenvalue weighted by molar-refractivity contribution is 0.318. The maximum absolute atomic E-state index is 8.73. The molecule has 0 fully saturated rings. The topological polar surface area (TPSA) is 44.6 Å². The summed E-state index contributed by atoms with van der Waals surface area (Å²) in [7, 11) is 0. The fourth-order valence-electron chi connectivity index (χ4n) is 1.47. The van der Waals surface area contributed by atoms with Crippen molar-refractivity contribution in [2.24, 2.45) is 5.16 Å². The van der Waals surface area contributed by atoms with Crippen LogP contribution in [0.5, 0.6) is 0 Å². The molecule has 68 valence electrons. The first-order valence-electron chi connectivity index (χ1n) is 4.06. The highest BCUT2D eigenvalue weighted by atomic mass is 35.5. The van der Waals surface area contributed by atoms with Crippen LogP contribution in [0.3, 0.4) is 0 Å². The monoisotopic (exact) mass is 196 g/mol. The highest BCUT2D eigenvalue weighted by molar-refractivity contribution is 6.31. The number of anilines is 1. The quantitative estimate of drug-likeness (QED) is 0.494. The van der Waals surface area contributed by atoms with Gasteiger partial charge in [-0.05, 0) is 18.2 Å². The Morgan fingerprint density at radius 2 is 2.31 bits per heavy atom. The van der Waals surface area contributed by atoms with E-state index < -0.39 is 0 Å². The average molecular weight is 197 g/mol. The van der Waals surface area contributed by atoms with Crippen LogP contribution in [0.25, 0.3) is 0 Å². The molecular weight excluding hydrogens is 188 g/mol. The van der Waals surface area contributed by atoms with Crippen molar-refractivity contribution in [2.45, 2.75) is 6.42 Å². The molecule has 0 unspecified atom stereocenters. The Bertz CT molecular complexity index is 363. The van der Waals surface area contributed by atoms with Crippen molar-refractivity contribution in [3.63, 3.8) is 0 Å². The molecule has 2 rings (SSSR count). The van der Waals surface area contributed by atoms with E-state index in [0.29, 0.717) is 10.7 Å². The van der Waals surface area contributed by atoms with Gasteiger partial charge in [0, 0.05) is 29.2 Å². The lowest BCUT2D eigenvalue weighted by atomic mass is 10.0. The second-order valence-electron chi connectivity index (χ2n) is 2.91. The number of rotatable bonds is 0. The van der Waals surface area contributed by atoms with Crippen molar-refractivity contribution in [1.82, 2.24) is 0 Å². The minimum atomic E-state index is 0.686. The Labute approximate surface area is 81.0 Å². The minimum absolute atomic E-state index is 0.686. The Kier molecular flexibility index (Phi) is 2.10. The maximum atomic E-state index is 8.73. The molecule has 1 aliphatic heterocycles. The summed E-state index contributed by atoms with van der Waals surface area (Å²) in [5, 5.41) is 15.9. The lowest BCUT2D eigenvalue weighted by Gasteiger charge is -2.18. The predicted octanol–water partition coefficient (Wildman–Crippen LogP) is 2.33. The molecule has 2 N–H and O–H groups in total. The number of fused-ring (bicyclic) bond motifs is 1. The summed E-state index contributed by atoms with van der Waals surface area (Å²) in [6.07, 6.45) is 0.741. The second-order valence-corrected chi connectivity index (χ2v) is 3.35. The summed E-state index contributed by atoms with van der Waals surface area (Å²) < 4.78 is 0. The molecule has 0 aromatic heterocycles. The van der Waals surface area contributed by atoms with Crippen LogP contribution in [0.2, 0.25) is 5.02 Å². The third-order valence-corrected chi connectivity index (χ3v) is 2.33. The van der Waals surface area contributed by atoms with Crippen LogP contribution in [-0.4, -0.2) is 17.5 Å². The summed E-state index contributed by atoms with van der Waals surface area (Å²) in [6.45, 7) is 0.784. The van der Waals surface area contributed by atoms with Crippen LogP contribution >= 0.6 is 11.6 Å². The first-order valence-corrected chi connectivity index (χ1v) is 4.44. The van der Waals surface area contributed by atoms with E-state index in [1.807, 2.05) is 12.1 Å². The molecule has 0 spiro atoms. The van der Waals surface area contributed by atoms with E-state index in [-0.39, 0.29) is 0 Å². The zero-order valence-corrected chi connectivity index (χ0v) is 7.67. The summed E-state index contributed by atoms with van der Waals surface area (Å²) in [4.78, 5) is 0. The predicted molar refractivity (Wildman–Crippen MR) is 52.9 cm³/mol. The van der Waals surface area contributed by atoms with Gasteiger partial charge in [-0.1, -0.05) is 16.8 Å². The van der Waals surface area contributed by atoms with Gasteiger partial charge >= 0.3 is 0 Å². The lowest BCUT2D eigenvalue weighted by Crippen LogP contribution is -2.18. The molecule has 1 aliphatic rings. The third-order valence-electron chi connectivity index (χ3n) is 2.09. The van der Waals surface area contributed by atoms with E-state index in [2.05, 4.69) is 10.5 Å². The number of oxime groups is 1. The third kappa shape index (κ3) is 1.47. The maximum Gasteiger partial charge on any atom is 0.0906 e. The SMILES string of the molecule is ON=C1CCNc2cc(Cl)ccc21. The number of nitrogens with one attached hydrogen (secondary N) is 1. The van der Waals surface area contributed by atoms with Crippen LogP contribution in [0.15, 0.2) is 23.4 Å². The Morgan fingerprint density at radius 3 is 3.08 bits per heavy atom. The van der Waals surface area contributed by atoms with Crippen LogP contribution < -0.4 is 5.32 Å². The number of halogens is 1. The molecule has 3 nitrogen and oxygen atoms in total. The fourth-order valence-corrected chi connectivity index (χ4v) is 1.64. The molecule has 0 amide bonds. The Balaban J connectivity index is 2.52. The molecular formula is C9H9ClN2O. The first kappa shape index (κ1) is 8.38. The number of hydrogen-bond acceptors (Lipinski definition) is 3. The average Bonchev–Trinajstić information content (AvgIpc) is 2.16. The summed E-state index contributed by atoms with van der Waals surface area (Å²) in [5.41, 5.74) is 2.58. The molecule has 1 aromatic rings. The van der Waals surface area contributed by atoms with E-state index in [0.717, 1.165) is 24.2 Å². The molecule has 4 heteroatoms. The van der Waals surface area contributed by atoms with Gasteiger partial charge in [0.2, 0.25) is 0 Å². The molecule has 0 bridgehead atoms. The zero-order valence-electron chi connectivity index (χ0n) is 6.92. The van der Waals surface area contributed by atoms with Crippen molar-refractivity contribution in [3.8, 4) is 0 Å². The van der Waals surface area contributed by atoms with Gasteiger partial charge < -0.3 is 10.5 Å². The standard InChI is InChI=1S/C9H9ClN2O/c10-6-1-2-7-8(12-13)3-4-11-9(7)5-6/h1-2,5,11,13H,3-4H2. The summed E-state index contributed by atoms with van der Waals surface area (Å²) in [6, 6.07) is 5.48. The van der Waals surface area contributed by atoms with Crippen molar-refractivity contribution in [2.75, 3.05) is 11.9 Å². The molecule has 1 heterocycles. The van der Waals surface area contributed by atoms with Gasteiger partial charge in [-0.2, -0.15) is 0 Å². The van der Waals surface area contributed by atoms with Gasteiger partial charge in [0.25, 0.3) is 0 Å². The molecule has 0 aliphatic carbocycles. The fraction of sp³-hybridized carbons (Fsp3) is 0.222. The Hall–Kier alpha value is -1.22. The van der Waals surface area contributed by atoms with Crippen molar-refractivity contribution >= 4 is 23.0 Å². The smallest absolute Gasteiger partial charge is 0.0906 e. The van der Waals surface area contributed by atoms with Crippen LogP contribution in [0, 0.1) is 0 Å². The van der Waals surface area contributed by atoms with Crippen LogP contribution in [0.4, 0.5) is 5.69 Å². The van der Waals surface area contributed by atoms with Gasteiger partial charge in [-0.25, -0.2) is 0 Å². The minimum Gasteiger partial charge on any atom is -0.411 e. The van der Waals surface area contributed by atoms with Crippen molar-refractivity contribution < 1.29 is 5.21 Å². The molecule has 13 heavy (non-hydrogen) atoms. The van der Waals surface area contributed by atoms with Crippen LogP contribution in [0.1, 0.15) is 12.0 Å². The number of benzene rings is 1. The normalized spacial score (nSPS) is 18.1. The number of hydrogen-bond donors (Lipinski definition) is 2. The van der Waals surface area contributed by atoms with E-state index >= 15 is 0 Å². The van der Waals surface area contributed by atoms with Gasteiger partial charge in [-0.3, -0.25) is 0 Å². The summed E-state index contributed by atoms with van der Waals surface area (Å²) >= 11 is 5.83. The highest BCUT2D eigenvalue weighted by Gasteiger charge is 2.15. The van der Waals surface area contributed by atoms with E-state index in [4.69, 9.17) is 16.8 Å². The number of nitrogens with zero attached hydrogens (tertiary/aromatic N) is 1. The summed E-state index contributed by atoms with van der Waals surface area (Å²) in [5.74, 6) is 0. The van der Waals surface area contributed by atoms with Gasteiger partial charge in [0.05, 0.1) is 5.71 Å². The van der Waals surface area contributed by atoms with E-state index in [1.165, 1.54) is 0 Å². The zero-order chi connectivity index (χ0) is 9.26. The second kappa shape index (κ2) is 3.26. The van der Waals surface area contributed by atoms with Gasteiger partial charge in [0.1, 0.15) is 0 Å². The largest absolute Gasteiger partial charge is 0.411 e. The molecule has 0 saturated heterocycles. The highest BCUT2D eigenvalue weighted by Crippen LogP contribution is 2.25. The first-order chi connectivity index (χ1) is 6.31. The van der Waals surface area contributed by atoms with Crippen molar-refractivity contribution in [3.05, 3.63) is 28.8 Å². The van der Waals surface area contributed by atoms with Crippen LogP contribution in [-0.2, 0) is 0 Å². The molecule has 0 atom stereocenters. The van der Waals surface area contributed by atoms with Gasteiger partial charge in [-0.15, -0.1) is 0 Å². The Morgan fingerprint density at radius 1 is 1.46 bits per heavy atom. The van der Waals surface area contributed by atoms with E-state index in [1.54, 1.807) is 6.07 Å². The van der Waals surface area contributed by atoms with Crippen molar-refractivity contribution in [1.29, 1.82) is 0 Å². The molecule has 0 saturated carbocycles. The van der Waals surface area contributed by atoms with E-state index in [9.17, 15) is 0 Å². The molecule has 0 radical (unpaired) electrons. The van der Waals surface area contributed by atoms with Gasteiger partial charge in [0.15, 0.2) is 0 Å². The molecule has 1 aromatic carbocycles.